The van der Waals surface area contributed by atoms with E-state index in [1.54, 1.807) is 37.0 Å². The topological polar surface area (TPSA) is 91.0 Å². The third kappa shape index (κ3) is 6.24. The van der Waals surface area contributed by atoms with Gasteiger partial charge in [-0.25, -0.2) is 0 Å². The van der Waals surface area contributed by atoms with Gasteiger partial charge in [0, 0.05) is 68.1 Å². The second kappa shape index (κ2) is 12.0. The molecule has 5 aromatic rings. The third-order valence-corrected chi connectivity index (χ3v) is 5.54. The fourth-order valence-corrected chi connectivity index (χ4v) is 3.66. The molecule has 2 aromatic heterocycles. The van der Waals surface area contributed by atoms with Crippen molar-refractivity contribution in [1.29, 1.82) is 0 Å². The zero-order valence-corrected chi connectivity index (χ0v) is 21.8. The van der Waals surface area contributed by atoms with Gasteiger partial charge in [0.05, 0.1) is 22.8 Å². The van der Waals surface area contributed by atoms with Crippen LogP contribution in [0.25, 0.3) is 22.5 Å². The Bertz CT molecular complexity index is 1440. The third-order valence-electron chi connectivity index (χ3n) is 5.54. The van der Waals surface area contributed by atoms with E-state index in [2.05, 4.69) is 20.0 Å². The fourth-order valence-electron chi connectivity index (χ4n) is 3.66. The number of benzene rings is 3. The van der Waals surface area contributed by atoms with E-state index in [0.29, 0.717) is 22.5 Å². The molecule has 2 N–H and O–H groups in total. The molecule has 0 atom stereocenters. The van der Waals surface area contributed by atoms with Gasteiger partial charge in [0.2, 0.25) is 0 Å². The average Bonchev–Trinajstić information content (AvgIpc) is 2.93. The van der Waals surface area contributed by atoms with Gasteiger partial charge in [-0.15, -0.1) is 0 Å². The Hall–Kier alpha value is -4.41. The standard InChI is InChI=1S/C30H22N4O2.Pt/c35-29-13-11-21(25-7-3-5-15-31-25)17-23(29)19-33-27-9-1-2-10-28(27)34-20-24-18-22(12-14-30(24)36)26-8-4-6-16-32-26;/h1-20,35-36H;. The molecule has 37 heavy (non-hydrogen) atoms. The molecule has 2 heterocycles. The van der Waals surface area contributed by atoms with Crippen molar-refractivity contribution in [2.24, 2.45) is 9.98 Å². The SMILES string of the molecule is Oc1ccc(-c2ccccn2)cc1C=Nc1ccccc1N=Cc1cc(-c2ccccn2)ccc1O.[Pt]. The molecule has 0 saturated heterocycles. The van der Waals surface area contributed by atoms with E-state index < -0.39 is 0 Å². The molecular formula is C30H22N4O2Pt. The van der Waals surface area contributed by atoms with Crippen LogP contribution in [-0.4, -0.2) is 32.6 Å². The molecule has 6 nitrogen and oxygen atoms in total. The second-order valence-corrected chi connectivity index (χ2v) is 7.98. The number of pyridine rings is 2. The predicted molar refractivity (Wildman–Crippen MR) is 144 cm³/mol. The summed E-state index contributed by atoms with van der Waals surface area (Å²) >= 11 is 0. The van der Waals surface area contributed by atoms with Crippen LogP contribution in [0.3, 0.4) is 0 Å². The van der Waals surface area contributed by atoms with Crippen LogP contribution in [0.15, 0.2) is 119 Å². The van der Waals surface area contributed by atoms with Crippen LogP contribution in [-0.2, 0) is 21.1 Å². The van der Waals surface area contributed by atoms with Gasteiger partial charge in [-0.3, -0.25) is 20.0 Å². The van der Waals surface area contributed by atoms with Gasteiger partial charge in [-0.05, 0) is 72.8 Å². The van der Waals surface area contributed by atoms with Gasteiger partial charge in [0.1, 0.15) is 11.5 Å². The molecule has 0 radical (unpaired) electrons. The summed E-state index contributed by atoms with van der Waals surface area (Å²) in [6, 6.07) is 29.4. The molecule has 5 rings (SSSR count). The van der Waals surface area contributed by atoms with Gasteiger partial charge in [0.25, 0.3) is 0 Å². The zero-order valence-electron chi connectivity index (χ0n) is 19.5. The summed E-state index contributed by atoms with van der Waals surface area (Å²) < 4.78 is 0. The number of phenols is 2. The molecule has 0 amide bonds. The summed E-state index contributed by atoms with van der Waals surface area (Å²) in [5, 5.41) is 20.7. The van der Waals surface area contributed by atoms with Crippen LogP contribution in [0.5, 0.6) is 11.5 Å². The quantitative estimate of drug-likeness (QED) is 0.197. The summed E-state index contributed by atoms with van der Waals surface area (Å²) in [5.41, 5.74) is 5.76. The smallest absolute Gasteiger partial charge is 0.124 e. The summed E-state index contributed by atoms with van der Waals surface area (Å²) in [7, 11) is 0. The van der Waals surface area contributed by atoms with Crippen molar-refractivity contribution in [2.45, 2.75) is 0 Å². The summed E-state index contributed by atoms with van der Waals surface area (Å²) in [6.45, 7) is 0. The van der Waals surface area contributed by atoms with Crippen LogP contribution in [0, 0.1) is 0 Å². The molecular weight excluding hydrogens is 643 g/mol. The molecule has 0 bridgehead atoms. The molecule has 0 fully saturated rings. The van der Waals surface area contributed by atoms with Crippen molar-refractivity contribution in [3.63, 3.8) is 0 Å². The number of aliphatic imine (C=N–C) groups is 2. The van der Waals surface area contributed by atoms with Crippen LogP contribution in [0.2, 0.25) is 0 Å². The minimum Gasteiger partial charge on any atom is -0.507 e. The first-order valence-electron chi connectivity index (χ1n) is 11.3. The number of nitrogens with zero attached hydrogens (tertiary/aromatic N) is 4. The minimum atomic E-state index is 0. The van der Waals surface area contributed by atoms with E-state index in [1.165, 1.54) is 0 Å². The number of para-hydroxylation sites is 2. The van der Waals surface area contributed by atoms with E-state index in [9.17, 15) is 10.2 Å². The molecule has 7 heteroatoms. The number of hydrogen-bond donors (Lipinski definition) is 2. The van der Waals surface area contributed by atoms with Gasteiger partial charge in [-0.1, -0.05) is 24.3 Å². The molecule has 0 aliphatic carbocycles. The Morgan fingerprint density at radius 2 is 0.973 bits per heavy atom. The Morgan fingerprint density at radius 3 is 1.38 bits per heavy atom. The van der Waals surface area contributed by atoms with Gasteiger partial charge >= 0.3 is 0 Å². The monoisotopic (exact) mass is 665 g/mol. The van der Waals surface area contributed by atoms with Crippen LogP contribution < -0.4 is 0 Å². The van der Waals surface area contributed by atoms with Crippen molar-refractivity contribution >= 4 is 23.8 Å². The molecule has 0 aliphatic rings. The maximum atomic E-state index is 10.4. The summed E-state index contributed by atoms with van der Waals surface area (Å²) in [4.78, 5) is 17.9. The first-order chi connectivity index (χ1) is 17.7. The molecule has 0 aliphatic heterocycles. The van der Waals surface area contributed by atoms with Crippen LogP contribution >= 0.6 is 0 Å². The predicted octanol–water partition coefficient (Wildman–Crippen LogP) is 6.72. The van der Waals surface area contributed by atoms with E-state index in [0.717, 1.165) is 22.5 Å². The molecule has 0 saturated carbocycles. The molecule has 3 aromatic carbocycles. The van der Waals surface area contributed by atoms with E-state index in [-0.39, 0.29) is 32.6 Å². The zero-order chi connectivity index (χ0) is 24.7. The summed E-state index contributed by atoms with van der Waals surface area (Å²) in [5.74, 6) is 0.242. The minimum absolute atomic E-state index is 0. The maximum absolute atomic E-state index is 10.4. The number of aromatic hydroxyl groups is 2. The van der Waals surface area contributed by atoms with Crippen molar-refractivity contribution < 1.29 is 31.3 Å². The Morgan fingerprint density at radius 1 is 0.541 bits per heavy atom. The largest absolute Gasteiger partial charge is 0.507 e. The number of phenolic OH excluding ortho intramolecular Hbond substituents is 2. The van der Waals surface area contributed by atoms with E-state index in [1.807, 2.05) is 84.9 Å². The van der Waals surface area contributed by atoms with Gasteiger partial charge in [0.15, 0.2) is 0 Å². The second-order valence-electron chi connectivity index (χ2n) is 7.98. The molecule has 184 valence electrons. The van der Waals surface area contributed by atoms with E-state index in [4.69, 9.17) is 0 Å². The van der Waals surface area contributed by atoms with Crippen molar-refractivity contribution in [3.8, 4) is 34.0 Å². The van der Waals surface area contributed by atoms with Crippen molar-refractivity contribution in [3.05, 3.63) is 121 Å². The average molecular weight is 666 g/mol. The fraction of sp³-hybridized carbons (Fsp3) is 0. The van der Waals surface area contributed by atoms with Crippen LogP contribution in [0.4, 0.5) is 11.4 Å². The maximum Gasteiger partial charge on any atom is 0.124 e. The Labute approximate surface area is 229 Å². The van der Waals surface area contributed by atoms with Crippen molar-refractivity contribution in [1.82, 2.24) is 9.97 Å². The molecule has 0 unspecified atom stereocenters. The van der Waals surface area contributed by atoms with Gasteiger partial charge < -0.3 is 10.2 Å². The number of rotatable bonds is 6. The summed E-state index contributed by atoms with van der Waals surface area (Å²) in [6.07, 6.45) is 6.67. The normalized spacial score (nSPS) is 11.0. The number of aromatic nitrogens is 2. The van der Waals surface area contributed by atoms with Crippen LogP contribution in [0.1, 0.15) is 11.1 Å². The Balaban J connectivity index is 0.00000320. The number of hydrogen-bond acceptors (Lipinski definition) is 6. The van der Waals surface area contributed by atoms with Gasteiger partial charge in [-0.2, -0.15) is 0 Å². The first-order valence-corrected chi connectivity index (χ1v) is 11.3. The molecule has 0 spiro atoms. The Kier molecular flexibility index (Phi) is 8.34. The first kappa shape index (κ1) is 25.7. The van der Waals surface area contributed by atoms with Crippen molar-refractivity contribution in [2.75, 3.05) is 0 Å². The van der Waals surface area contributed by atoms with E-state index >= 15 is 0 Å².